The quantitative estimate of drug-likeness (QED) is 0.590. The number of nitro benzene ring substituents is 1. The van der Waals surface area contributed by atoms with Crippen molar-refractivity contribution in [2.75, 3.05) is 17.1 Å². The van der Waals surface area contributed by atoms with E-state index in [9.17, 15) is 18.5 Å². The van der Waals surface area contributed by atoms with Crippen LogP contribution in [0.4, 0.5) is 11.4 Å². The Morgan fingerprint density at radius 2 is 2.12 bits per heavy atom. The second kappa shape index (κ2) is 3.99. The highest BCUT2D eigenvalue weighted by Gasteiger charge is 2.25. The van der Waals surface area contributed by atoms with E-state index in [-0.39, 0.29) is 5.69 Å². The van der Waals surface area contributed by atoms with Gasteiger partial charge in [-0.2, -0.15) is 0 Å². The molecule has 6 nitrogen and oxygen atoms in total. The molecule has 1 aromatic rings. The van der Waals surface area contributed by atoms with Crippen LogP contribution in [-0.4, -0.2) is 26.1 Å². The average molecular weight is 256 g/mol. The fourth-order valence-electron chi connectivity index (χ4n) is 2.01. The second-order valence-corrected chi connectivity index (χ2v) is 5.92. The highest BCUT2D eigenvalue weighted by molar-refractivity contribution is 7.92. The van der Waals surface area contributed by atoms with Crippen LogP contribution < -0.4 is 4.31 Å². The first-order valence-corrected chi connectivity index (χ1v) is 6.99. The molecule has 7 heteroatoms. The molecule has 1 aliphatic rings. The topological polar surface area (TPSA) is 80.5 Å². The fraction of sp³-hybridized carbons (Fsp3) is 0.400. The van der Waals surface area contributed by atoms with Gasteiger partial charge in [-0.05, 0) is 24.5 Å². The van der Waals surface area contributed by atoms with Gasteiger partial charge in [0.15, 0.2) is 0 Å². The van der Waals surface area contributed by atoms with E-state index < -0.39 is 14.9 Å². The summed E-state index contributed by atoms with van der Waals surface area (Å²) in [5, 5.41) is 10.6. The summed E-state index contributed by atoms with van der Waals surface area (Å²) in [6.07, 6.45) is 2.49. The molecular formula is C10H12N2O4S. The molecule has 0 bridgehead atoms. The molecule has 0 saturated carbocycles. The van der Waals surface area contributed by atoms with Gasteiger partial charge in [-0.1, -0.05) is 0 Å². The van der Waals surface area contributed by atoms with Crippen molar-refractivity contribution in [3.63, 3.8) is 0 Å². The van der Waals surface area contributed by atoms with Crippen LogP contribution >= 0.6 is 0 Å². The van der Waals surface area contributed by atoms with Gasteiger partial charge in [0.05, 0.1) is 16.9 Å². The average Bonchev–Trinajstić information content (AvgIpc) is 2.26. The third kappa shape index (κ3) is 2.23. The molecule has 0 aromatic heterocycles. The van der Waals surface area contributed by atoms with E-state index >= 15 is 0 Å². The summed E-state index contributed by atoms with van der Waals surface area (Å²) in [7, 11) is -3.31. The van der Waals surface area contributed by atoms with Crippen molar-refractivity contribution in [1.29, 1.82) is 0 Å². The van der Waals surface area contributed by atoms with Gasteiger partial charge in [0, 0.05) is 18.7 Å². The maximum Gasteiger partial charge on any atom is 0.269 e. The number of benzene rings is 1. The molecule has 0 amide bonds. The van der Waals surface area contributed by atoms with Crippen molar-refractivity contribution in [3.05, 3.63) is 33.9 Å². The van der Waals surface area contributed by atoms with Crippen LogP contribution in [0, 0.1) is 10.1 Å². The number of rotatable bonds is 2. The van der Waals surface area contributed by atoms with Gasteiger partial charge >= 0.3 is 0 Å². The zero-order chi connectivity index (χ0) is 12.6. The summed E-state index contributed by atoms with van der Waals surface area (Å²) in [5.74, 6) is 0. The van der Waals surface area contributed by atoms with Crippen molar-refractivity contribution in [2.45, 2.75) is 12.8 Å². The molecule has 0 unspecified atom stereocenters. The van der Waals surface area contributed by atoms with Gasteiger partial charge in [-0.15, -0.1) is 0 Å². The molecule has 17 heavy (non-hydrogen) atoms. The molecule has 0 N–H and O–H groups in total. The van der Waals surface area contributed by atoms with Gasteiger partial charge in [0.2, 0.25) is 10.0 Å². The predicted octanol–water partition coefficient (Wildman–Crippen LogP) is 1.31. The highest BCUT2D eigenvalue weighted by atomic mass is 32.2. The Hall–Kier alpha value is -1.63. The SMILES string of the molecule is CS(=O)(=O)N1CCCc2cc([N+](=O)[O-])ccc21. The molecule has 1 aromatic carbocycles. The van der Waals surface area contributed by atoms with Gasteiger partial charge in [-0.3, -0.25) is 14.4 Å². The number of anilines is 1. The molecular weight excluding hydrogens is 244 g/mol. The molecule has 2 rings (SSSR count). The van der Waals surface area contributed by atoms with Gasteiger partial charge < -0.3 is 0 Å². The van der Waals surface area contributed by atoms with Gasteiger partial charge in [0.1, 0.15) is 0 Å². The maximum atomic E-state index is 11.6. The molecule has 0 atom stereocenters. The van der Waals surface area contributed by atoms with E-state index in [0.717, 1.165) is 11.8 Å². The lowest BCUT2D eigenvalue weighted by Crippen LogP contribution is -2.34. The number of aryl methyl sites for hydroxylation is 1. The minimum Gasteiger partial charge on any atom is -0.270 e. The number of non-ortho nitro benzene ring substituents is 1. The molecule has 0 spiro atoms. The van der Waals surface area contributed by atoms with E-state index in [2.05, 4.69) is 0 Å². The molecule has 0 saturated heterocycles. The Balaban J connectivity index is 2.51. The Labute approximate surface area is 99.1 Å². The molecule has 0 aliphatic carbocycles. The van der Waals surface area contributed by atoms with Crippen LogP contribution in [0.3, 0.4) is 0 Å². The summed E-state index contributed by atoms with van der Waals surface area (Å²) >= 11 is 0. The maximum absolute atomic E-state index is 11.6. The summed E-state index contributed by atoms with van der Waals surface area (Å²) in [4.78, 5) is 10.2. The van der Waals surface area contributed by atoms with Crippen LogP contribution in [0.5, 0.6) is 0 Å². The van der Waals surface area contributed by atoms with E-state index in [1.165, 1.54) is 22.5 Å². The number of sulfonamides is 1. The molecule has 92 valence electrons. The van der Waals surface area contributed by atoms with E-state index in [1.807, 2.05) is 0 Å². The summed E-state index contributed by atoms with van der Waals surface area (Å²) in [6, 6.07) is 4.29. The number of nitro groups is 1. The minimum absolute atomic E-state index is 0.000832. The molecule has 0 fully saturated rings. The number of fused-ring (bicyclic) bond motifs is 1. The van der Waals surface area contributed by atoms with Crippen LogP contribution in [0.1, 0.15) is 12.0 Å². The van der Waals surface area contributed by atoms with Crippen LogP contribution in [0.25, 0.3) is 0 Å². The standard InChI is InChI=1S/C10H12N2O4S/c1-17(15,16)11-6-2-3-8-7-9(12(13)14)4-5-10(8)11/h4-5,7H,2-3,6H2,1H3. The molecule has 1 aliphatic heterocycles. The second-order valence-electron chi connectivity index (χ2n) is 4.01. The normalized spacial score (nSPS) is 15.5. The van der Waals surface area contributed by atoms with Gasteiger partial charge in [0.25, 0.3) is 5.69 Å². The predicted molar refractivity (Wildman–Crippen MR) is 63.6 cm³/mol. The first-order chi connectivity index (χ1) is 7.89. The van der Waals surface area contributed by atoms with Crippen molar-refractivity contribution in [2.24, 2.45) is 0 Å². The highest BCUT2D eigenvalue weighted by Crippen LogP contribution is 2.31. The number of nitrogens with zero attached hydrogens (tertiary/aromatic N) is 2. The lowest BCUT2D eigenvalue weighted by atomic mass is 10.0. The zero-order valence-corrected chi connectivity index (χ0v) is 10.1. The lowest BCUT2D eigenvalue weighted by molar-refractivity contribution is -0.384. The lowest BCUT2D eigenvalue weighted by Gasteiger charge is -2.28. The van der Waals surface area contributed by atoms with Crippen molar-refractivity contribution in [1.82, 2.24) is 0 Å². The minimum atomic E-state index is -3.31. The summed E-state index contributed by atoms with van der Waals surface area (Å²) in [5.41, 5.74) is 1.28. The first kappa shape index (κ1) is 11.8. The smallest absolute Gasteiger partial charge is 0.269 e. The third-order valence-electron chi connectivity index (χ3n) is 2.75. The summed E-state index contributed by atoms with van der Waals surface area (Å²) in [6.45, 7) is 0.434. The Morgan fingerprint density at radius 3 is 2.71 bits per heavy atom. The van der Waals surface area contributed by atoms with Crippen molar-refractivity contribution < 1.29 is 13.3 Å². The van der Waals surface area contributed by atoms with Crippen molar-refractivity contribution >= 4 is 21.4 Å². The number of hydrogen-bond donors (Lipinski definition) is 0. The van der Waals surface area contributed by atoms with E-state index in [1.54, 1.807) is 0 Å². The van der Waals surface area contributed by atoms with Crippen LogP contribution in [0.15, 0.2) is 18.2 Å². The fourth-order valence-corrected chi connectivity index (χ4v) is 3.00. The Morgan fingerprint density at radius 1 is 1.41 bits per heavy atom. The number of hydrogen-bond acceptors (Lipinski definition) is 4. The van der Waals surface area contributed by atoms with E-state index in [0.29, 0.717) is 25.1 Å². The Bertz CT molecular complexity index is 568. The van der Waals surface area contributed by atoms with Gasteiger partial charge in [-0.25, -0.2) is 8.42 Å². The van der Waals surface area contributed by atoms with Crippen LogP contribution in [0.2, 0.25) is 0 Å². The Kier molecular flexibility index (Phi) is 2.78. The first-order valence-electron chi connectivity index (χ1n) is 5.14. The largest absolute Gasteiger partial charge is 0.270 e. The van der Waals surface area contributed by atoms with Crippen LogP contribution in [-0.2, 0) is 16.4 Å². The monoisotopic (exact) mass is 256 g/mol. The van der Waals surface area contributed by atoms with Crippen molar-refractivity contribution in [3.8, 4) is 0 Å². The summed E-state index contributed by atoms with van der Waals surface area (Å²) < 4.78 is 24.4. The molecule has 1 heterocycles. The van der Waals surface area contributed by atoms with E-state index in [4.69, 9.17) is 0 Å². The third-order valence-corrected chi connectivity index (χ3v) is 3.93. The zero-order valence-electron chi connectivity index (χ0n) is 9.29. The molecule has 0 radical (unpaired) electrons.